The number of amides is 1. The van der Waals surface area contributed by atoms with Crippen LogP contribution in [-0.2, 0) is 4.74 Å². The fourth-order valence-electron chi connectivity index (χ4n) is 2.15. The van der Waals surface area contributed by atoms with Gasteiger partial charge >= 0.3 is 6.36 Å². The summed E-state index contributed by atoms with van der Waals surface area (Å²) >= 11 is 6.10. The van der Waals surface area contributed by atoms with Crippen molar-refractivity contribution in [1.29, 1.82) is 0 Å². The number of hydrogen-bond donors (Lipinski definition) is 1. The molecule has 0 heterocycles. The monoisotopic (exact) mass is 373 g/mol. The molecule has 8 heteroatoms. The normalized spacial score (nSPS) is 12.5. The van der Waals surface area contributed by atoms with Crippen molar-refractivity contribution in [2.24, 2.45) is 0 Å². The number of carbonyl (C=O) groups excluding carboxylic acids is 1. The summed E-state index contributed by atoms with van der Waals surface area (Å²) in [4.78, 5) is 12.1. The Morgan fingerprint density at radius 1 is 1.16 bits per heavy atom. The number of alkyl halides is 3. The lowest BCUT2D eigenvalue weighted by Gasteiger charge is -2.18. The third-order valence-corrected chi connectivity index (χ3v) is 3.68. The Hall–Kier alpha value is -2.25. The van der Waals surface area contributed by atoms with Crippen LogP contribution in [0.5, 0.6) is 5.75 Å². The first-order valence-electron chi connectivity index (χ1n) is 7.21. The Morgan fingerprint density at radius 2 is 1.80 bits per heavy atom. The molecular formula is C17H15ClF3NO3. The van der Waals surface area contributed by atoms with Crippen molar-refractivity contribution < 1.29 is 27.4 Å². The molecule has 0 unspecified atom stereocenters. The molecule has 0 aliphatic carbocycles. The summed E-state index contributed by atoms with van der Waals surface area (Å²) in [6, 6.07) is 11.7. The average Bonchev–Trinajstić information content (AvgIpc) is 2.56. The SMILES string of the molecule is CO[C@H](CNC(=O)c1ccc(OC(F)(F)F)cc1)c1ccccc1Cl. The number of nitrogens with one attached hydrogen (secondary N) is 1. The maximum Gasteiger partial charge on any atom is 0.573 e. The Morgan fingerprint density at radius 3 is 2.36 bits per heavy atom. The van der Waals surface area contributed by atoms with Gasteiger partial charge in [0.2, 0.25) is 0 Å². The maximum absolute atomic E-state index is 12.1. The molecular weight excluding hydrogens is 359 g/mol. The summed E-state index contributed by atoms with van der Waals surface area (Å²) < 4.78 is 45.4. The molecule has 1 amide bonds. The zero-order chi connectivity index (χ0) is 18.4. The van der Waals surface area contributed by atoms with Gasteiger partial charge in [-0.05, 0) is 30.3 Å². The van der Waals surface area contributed by atoms with Gasteiger partial charge in [-0.3, -0.25) is 4.79 Å². The fourth-order valence-corrected chi connectivity index (χ4v) is 2.41. The molecule has 0 fully saturated rings. The van der Waals surface area contributed by atoms with Crippen LogP contribution in [0.15, 0.2) is 48.5 Å². The number of rotatable bonds is 6. The van der Waals surface area contributed by atoms with Gasteiger partial charge in [-0.1, -0.05) is 29.8 Å². The van der Waals surface area contributed by atoms with Gasteiger partial charge in [-0.2, -0.15) is 0 Å². The largest absolute Gasteiger partial charge is 0.573 e. The van der Waals surface area contributed by atoms with Crippen LogP contribution in [0.25, 0.3) is 0 Å². The highest BCUT2D eigenvalue weighted by molar-refractivity contribution is 6.31. The lowest BCUT2D eigenvalue weighted by molar-refractivity contribution is -0.274. The maximum atomic E-state index is 12.1. The predicted octanol–water partition coefficient (Wildman–Crippen LogP) is 4.36. The number of hydrogen-bond acceptors (Lipinski definition) is 3. The van der Waals surface area contributed by atoms with Gasteiger partial charge in [-0.25, -0.2) is 0 Å². The Bertz CT molecular complexity index is 720. The van der Waals surface area contributed by atoms with E-state index in [-0.39, 0.29) is 12.1 Å². The van der Waals surface area contributed by atoms with E-state index in [1.807, 2.05) is 0 Å². The number of benzene rings is 2. The zero-order valence-electron chi connectivity index (χ0n) is 13.1. The number of ether oxygens (including phenoxy) is 2. The molecule has 4 nitrogen and oxygen atoms in total. The Balaban J connectivity index is 1.98. The number of carbonyl (C=O) groups is 1. The van der Waals surface area contributed by atoms with Crippen molar-refractivity contribution in [3.05, 3.63) is 64.7 Å². The minimum atomic E-state index is -4.77. The van der Waals surface area contributed by atoms with Crippen LogP contribution >= 0.6 is 11.6 Å². The van der Waals surface area contributed by atoms with Crippen molar-refractivity contribution in [1.82, 2.24) is 5.32 Å². The van der Waals surface area contributed by atoms with Crippen LogP contribution in [0, 0.1) is 0 Å². The van der Waals surface area contributed by atoms with Gasteiger partial charge in [0.15, 0.2) is 0 Å². The molecule has 2 rings (SSSR count). The van der Waals surface area contributed by atoms with Gasteiger partial charge in [0.25, 0.3) is 5.91 Å². The van der Waals surface area contributed by atoms with Crippen molar-refractivity contribution >= 4 is 17.5 Å². The first-order chi connectivity index (χ1) is 11.8. The van der Waals surface area contributed by atoms with E-state index in [4.69, 9.17) is 16.3 Å². The summed E-state index contributed by atoms with van der Waals surface area (Å²) in [6.07, 6.45) is -5.23. The molecule has 25 heavy (non-hydrogen) atoms. The van der Waals surface area contributed by atoms with Crippen LogP contribution in [-0.4, -0.2) is 25.9 Å². The quantitative estimate of drug-likeness (QED) is 0.818. The van der Waals surface area contributed by atoms with Crippen LogP contribution < -0.4 is 10.1 Å². The molecule has 0 aromatic heterocycles. The first kappa shape index (κ1) is 19.1. The van der Waals surface area contributed by atoms with Crippen molar-refractivity contribution in [2.75, 3.05) is 13.7 Å². The van der Waals surface area contributed by atoms with Crippen molar-refractivity contribution in [3.8, 4) is 5.75 Å². The summed E-state index contributed by atoms with van der Waals surface area (Å²) in [7, 11) is 1.49. The molecule has 0 aliphatic heterocycles. The van der Waals surface area contributed by atoms with E-state index in [2.05, 4.69) is 10.1 Å². The van der Waals surface area contributed by atoms with E-state index in [0.717, 1.165) is 17.7 Å². The average molecular weight is 374 g/mol. The summed E-state index contributed by atoms with van der Waals surface area (Å²) in [6.45, 7) is 0.153. The lowest BCUT2D eigenvalue weighted by atomic mass is 10.1. The van der Waals surface area contributed by atoms with E-state index >= 15 is 0 Å². The van der Waals surface area contributed by atoms with Gasteiger partial charge in [0.05, 0.1) is 0 Å². The highest BCUT2D eigenvalue weighted by atomic mass is 35.5. The van der Waals surface area contributed by atoms with E-state index in [9.17, 15) is 18.0 Å². The second-order valence-electron chi connectivity index (χ2n) is 5.03. The van der Waals surface area contributed by atoms with Gasteiger partial charge in [-0.15, -0.1) is 13.2 Å². The molecule has 0 radical (unpaired) electrons. The number of methoxy groups -OCH3 is 1. The molecule has 0 saturated heterocycles. The van der Waals surface area contributed by atoms with Gasteiger partial charge < -0.3 is 14.8 Å². The second kappa shape index (κ2) is 8.22. The zero-order valence-corrected chi connectivity index (χ0v) is 13.9. The topological polar surface area (TPSA) is 47.6 Å². The standard InChI is InChI=1S/C17H15ClF3NO3/c1-24-15(13-4-2-3-5-14(13)18)10-22-16(23)11-6-8-12(9-7-11)25-17(19,20)21/h2-9,15H,10H2,1H3,(H,22,23)/t15-/m1/s1. The third kappa shape index (κ3) is 5.65. The fraction of sp³-hybridized carbons (Fsp3) is 0.235. The molecule has 0 bridgehead atoms. The van der Waals surface area contributed by atoms with Gasteiger partial charge in [0, 0.05) is 29.8 Å². The van der Waals surface area contributed by atoms with Crippen LogP contribution in [0.4, 0.5) is 13.2 Å². The van der Waals surface area contributed by atoms with E-state index in [1.54, 1.807) is 24.3 Å². The summed E-state index contributed by atoms with van der Waals surface area (Å²) in [5, 5.41) is 3.17. The molecule has 0 spiro atoms. The first-order valence-corrected chi connectivity index (χ1v) is 7.59. The third-order valence-electron chi connectivity index (χ3n) is 3.33. The highest BCUT2D eigenvalue weighted by Crippen LogP contribution is 2.25. The molecule has 1 atom stereocenters. The molecule has 134 valence electrons. The van der Waals surface area contributed by atoms with Gasteiger partial charge in [0.1, 0.15) is 11.9 Å². The minimum absolute atomic E-state index is 0.153. The van der Waals surface area contributed by atoms with Crippen LogP contribution in [0.3, 0.4) is 0 Å². The molecule has 0 aliphatic rings. The second-order valence-corrected chi connectivity index (χ2v) is 5.44. The molecule has 0 saturated carbocycles. The Kier molecular flexibility index (Phi) is 6.27. The predicted molar refractivity (Wildman–Crippen MR) is 86.7 cm³/mol. The summed E-state index contributed by atoms with van der Waals surface area (Å²) in [5.41, 5.74) is 0.921. The van der Waals surface area contributed by atoms with E-state index in [1.165, 1.54) is 19.2 Å². The van der Waals surface area contributed by atoms with Crippen LogP contribution in [0.2, 0.25) is 5.02 Å². The smallest absolute Gasteiger partial charge is 0.406 e. The van der Waals surface area contributed by atoms with Crippen molar-refractivity contribution in [2.45, 2.75) is 12.5 Å². The molecule has 1 N–H and O–H groups in total. The lowest BCUT2D eigenvalue weighted by Crippen LogP contribution is -2.29. The van der Waals surface area contributed by atoms with Crippen molar-refractivity contribution in [3.63, 3.8) is 0 Å². The molecule has 2 aromatic carbocycles. The Labute approximate surface area is 147 Å². The highest BCUT2D eigenvalue weighted by Gasteiger charge is 2.31. The minimum Gasteiger partial charge on any atom is -0.406 e. The summed E-state index contributed by atoms with van der Waals surface area (Å²) in [5.74, 6) is -0.845. The molecule has 2 aromatic rings. The van der Waals surface area contributed by atoms with E-state index < -0.39 is 24.1 Å². The van der Waals surface area contributed by atoms with E-state index in [0.29, 0.717) is 5.02 Å². The van der Waals surface area contributed by atoms with Crippen LogP contribution in [0.1, 0.15) is 22.0 Å². The number of halogens is 4.